The van der Waals surface area contributed by atoms with E-state index in [1.54, 1.807) is 4.90 Å². The number of hydrogen-bond donors (Lipinski definition) is 0. The average molecular weight is 304 g/mol. The van der Waals surface area contributed by atoms with Gasteiger partial charge in [-0.25, -0.2) is 8.42 Å². The van der Waals surface area contributed by atoms with Crippen molar-refractivity contribution in [1.82, 2.24) is 0 Å². The molecule has 19 heavy (non-hydrogen) atoms. The monoisotopic (exact) mass is 304 g/mol. The highest BCUT2D eigenvalue weighted by Gasteiger charge is 2.29. The number of sulfone groups is 1. The maximum Gasteiger partial charge on any atom is 0.304 e. The van der Waals surface area contributed by atoms with Gasteiger partial charge in [-0.3, -0.25) is 14.9 Å². The third kappa shape index (κ3) is 2.92. The number of nitrogens with zero attached hydrogens (tertiary/aromatic N) is 2. The number of carbonyl (C=O) groups is 1. The second kappa shape index (κ2) is 4.89. The van der Waals surface area contributed by atoms with Crippen molar-refractivity contribution >= 4 is 37.6 Å². The molecule has 0 radical (unpaired) electrons. The minimum absolute atomic E-state index is 0.0164. The Hall–Kier alpha value is -1.48. The van der Waals surface area contributed by atoms with Crippen molar-refractivity contribution in [3.05, 3.63) is 21.1 Å². The van der Waals surface area contributed by atoms with Crippen molar-refractivity contribution in [2.24, 2.45) is 0 Å². The smallest absolute Gasteiger partial charge is 0.304 e. The molecular formula is C10H12N2O5S2. The lowest BCUT2D eigenvalue weighted by molar-refractivity contribution is -0.383. The summed E-state index contributed by atoms with van der Waals surface area (Å²) in [5, 5.41) is 11.3. The van der Waals surface area contributed by atoms with Crippen LogP contribution in [0.3, 0.4) is 0 Å². The van der Waals surface area contributed by atoms with Crippen molar-refractivity contribution in [2.75, 3.05) is 29.5 Å². The van der Waals surface area contributed by atoms with Crippen LogP contribution in [-0.2, 0) is 9.84 Å². The predicted molar refractivity (Wildman–Crippen MR) is 71.8 cm³/mol. The van der Waals surface area contributed by atoms with Gasteiger partial charge in [-0.15, -0.1) is 11.3 Å². The van der Waals surface area contributed by atoms with E-state index in [4.69, 9.17) is 0 Å². The molecule has 0 aliphatic carbocycles. The highest BCUT2D eigenvalue weighted by molar-refractivity contribution is 7.91. The molecular weight excluding hydrogens is 292 g/mol. The quantitative estimate of drug-likeness (QED) is 0.471. The fourth-order valence-corrected chi connectivity index (χ4v) is 4.09. The summed E-state index contributed by atoms with van der Waals surface area (Å²) in [5.41, 5.74) is -0.130. The molecule has 1 aromatic heterocycles. The van der Waals surface area contributed by atoms with E-state index in [2.05, 4.69) is 0 Å². The van der Waals surface area contributed by atoms with E-state index < -0.39 is 14.8 Å². The highest BCUT2D eigenvalue weighted by Crippen LogP contribution is 2.38. The van der Waals surface area contributed by atoms with Gasteiger partial charge in [0.15, 0.2) is 20.6 Å². The van der Waals surface area contributed by atoms with Crippen LogP contribution < -0.4 is 4.90 Å². The standard InChI is InChI=1S/C10H12N2O5S2/c1-7(13)9-6-8(12(14)15)10(18-9)11-2-4-19(16,17)5-3-11/h6H,2-5H2,1H3. The van der Waals surface area contributed by atoms with Crippen molar-refractivity contribution < 1.29 is 18.1 Å². The maximum atomic E-state index is 11.3. The van der Waals surface area contributed by atoms with Crippen molar-refractivity contribution in [2.45, 2.75) is 6.92 Å². The first-order valence-electron chi connectivity index (χ1n) is 5.55. The molecule has 0 N–H and O–H groups in total. The minimum atomic E-state index is -3.04. The number of ketones is 1. The Balaban J connectivity index is 2.34. The topological polar surface area (TPSA) is 97.6 Å². The van der Waals surface area contributed by atoms with Crippen LogP contribution >= 0.6 is 11.3 Å². The van der Waals surface area contributed by atoms with Crippen LogP contribution in [0, 0.1) is 10.1 Å². The van der Waals surface area contributed by atoms with E-state index >= 15 is 0 Å². The molecule has 0 spiro atoms. The Labute approximate surface area is 113 Å². The Morgan fingerprint density at radius 1 is 1.42 bits per heavy atom. The summed E-state index contributed by atoms with van der Waals surface area (Å²) in [7, 11) is -3.04. The number of hydrogen-bond acceptors (Lipinski definition) is 7. The number of thiophene rings is 1. The van der Waals surface area contributed by atoms with Gasteiger partial charge in [0.25, 0.3) is 0 Å². The van der Waals surface area contributed by atoms with Crippen LogP contribution in [0.4, 0.5) is 10.7 Å². The third-order valence-corrected chi connectivity index (χ3v) is 5.76. The number of Topliss-reactive ketones (excluding diaryl/α,β-unsaturated/α-hetero) is 1. The Morgan fingerprint density at radius 3 is 2.47 bits per heavy atom. The molecule has 0 atom stereocenters. The van der Waals surface area contributed by atoms with Gasteiger partial charge in [0.2, 0.25) is 0 Å². The van der Waals surface area contributed by atoms with Crippen molar-refractivity contribution in [3.8, 4) is 0 Å². The minimum Gasteiger partial charge on any atom is -0.356 e. The zero-order valence-corrected chi connectivity index (χ0v) is 11.8. The Kier molecular flexibility index (Phi) is 3.59. The molecule has 0 saturated carbocycles. The van der Waals surface area contributed by atoms with E-state index in [0.29, 0.717) is 9.88 Å². The summed E-state index contributed by atoms with van der Waals surface area (Å²) in [4.78, 5) is 23.7. The fraction of sp³-hybridized carbons (Fsp3) is 0.500. The van der Waals surface area contributed by atoms with Crippen LogP contribution in [0.25, 0.3) is 0 Å². The summed E-state index contributed by atoms with van der Waals surface area (Å²) in [6.45, 7) is 1.79. The van der Waals surface area contributed by atoms with E-state index in [9.17, 15) is 23.3 Å². The third-order valence-electron chi connectivity index (χ3n) is 2.87. The molecule has 104 valence electrons. The average Bonchev–Trinajstić information content (AvgIpc) is 2.74. The molecule has 0 amide bonds. The second-order valence-corrected chi connectivity index (χ2v) is 7.59. The number of rotatable bonds is 3. The van der Waals surface area contributed by atoms with Crippen LogP contribution in [-0.4, -0.2) is 43.7 Å². The lowest BCUT2D eigenvalue weighted by atomic mass is 10.3. The lowest BCUT2D eigenvalue weighted by Gasteiger charge is -2.26. The van der Waals surface area contributed by atoms with Crippen LogP contribution in [0.1, 0.15) is 16.6 Å². The molecule has 7 nitrogen and oxygen atoms in total. The maximum absolute atomic E-state index is 11.3. The lowest BCUT2D eigenvalue weighted by Crippen LogP contribution is -2.40. The Morgan fingerprint density at radius 2 is 2.00 bits per heavy atom. The van der Waals surface area contributed by atoms with Gasteiger partial charge in [-0.2, -0.15) is 0 Å². The second-order valence-electron chi connectivity index (χ2n) is 4.25. The number of nitro groups is 1. The summed E-state index contributed by atoms with van der Waals surface area (Å²) < 4.78 is 22.7. The van der Waals surface area contributed by atoms with E-state index in [-0.39, 0.29) is 36.1 Å². The largest absolute Gasteiger partial charge is 0.356 e. The zero-order valence-electron chi connectivity index (χ0n) is 10.2. The van der Waals surface area contributed by atoms with E-state index in [1.165, 1.54) is 13.0 Å². The summed E-state index contributed by atoms with van der Waals surface area (Å²) in [6.07, 6.45) is 0. The molecule has 2 rings (SSSR count). The molecule has 0 aromatic carbocycles. The van der Waals surface area contributed by atoms with Gasteiger partial charge in [0.05, 0.1) is 21.3 Å². The van der Waals surface area contributed by atoms with Gasteiger partial charge < -0.3 is 4.90 Å². The molecule has 0 bridgehead atoms. The number of carbonyl (C=O) groups excluding carboxylic acids is 1. The van der Waals surface area contributed by atoms with E-state index in [1.807, 2.05) is 0 Å². The number of anilines is 1. The van der Waals surface area contributed by atoms with Crippen LogP contribution in [0.5, 0.6) is 0 Å². The van der Waals surface area contributed by atoms with Crippen molar-refractivity contribution in [3.63, 3.8) is 0 Å². The van der Waals surface area contributed by atoms with Gasteiger partial charge in [0, 0.05) is 19.2 Å². The van der Waals surface area contributed by atoms with Crippen LogP contribution in [0.15, 0.2) is 6.07 Å². The van der Waals surface area contributed by atoms with Gasteiger partial charge in [-0.1, -0.05) is 0 Å². The first-order valence-corrected chi connectivity index (χ1v) is 8.18. The fourth-order valence-electron chi connectivity index (χ4n) is 1.82. The molecule has 1 aliphatic rings. The molecule has 1 aliphatic heterocycles. The van der Waals surface area contributed by atoms with E-state index in [0.717, 1.165) is 11.3 Å². The molecule has 1 fully saturated rings. The van der Waals surface area contributed by atoms with Crippen molar-refractivity contribution in [1.29, 1.82) is 0 Å². The normalized spacial score (nSPS) is 18.3. The van der Waals surface area contributed by atoms with Gasteiger partial charge >= 0.3 is 5.69 Å². The van der Waals surface area contributed by atoms with Gasteiger partial charge in [0.1, 0.15) is 0 Å². The van der Waals surface area contributed by atoms with Gasteiger partial charge in [-0.05, 0) is 6.92 Å². The zero-order chi connectivity index (χ0) is 14.2. The molecule has 1 aromatic rings. The first-order chi connectivity index (χ1) is 8.80. The molecule has 9 heteroatoms. The first kappa shape index (κ1) is 13.9. The molecule has 0 unspecified atom stereocenters. The Bertz CT molecular complexity index is 620. The summed E-state index contributed by atoms with van der Waals surface area (Å²) in [5.74, 6) is -0.265. The molecule has 1 saturated heterocycles. The summed E-state index contributed by atoms with van der Waals surface area (Å²) >= 11 is 1.04. The predicted octanol–water partition coefficient (Wildman–Crippen LogP) is 1.09. The summed E-state index contributed by atoms with van der Waals surface area (Å²) in [6, 6.07) is 1.26. The SMILES string of the molecule is CC(=O)c1cc([N+](=O)[O-])c(N2CCS(=O)(=O)CC2)s1. The highest BCUT2D eigenvalue weighted by atomic mass is 32.2. The molecule has 2 heterocycles. The van der Waals surface area contributed by atoms with Crippen LogP contribution in [0.2, 0.25) is 0 Å².